The summed E-state index contributed by atoms with van der Waals surface area (Å²) >= 11 is 1.33. The number of hydrogen-bond acceptors (Lipinski definition) is 5. The number of hydrogen-bond donors (Lipinski definition) is 2. The fraction of sp³-hybridized carbons (Fsp3) is 0.0909. The van der Waals surface area contributed by atoms with Crippen molar-refractivity contribution in [2.24, 2.45) is 0 Å². The summed E-state index contributed by atoms with van der Waals surface area (Å²) in [6.45, 7) is -2.97. The van der Waals surface area contributed by atoms with Crippen LogP contribution >= 0.6 is 11.3 Å². The van der Waals surface area contributed by atoms with E-state index in [-0.39, 0.29) is 17.4 Å². The number of alkyl halides is 2. The molecular weight excluding hydrogens is 426 g/mol. The van der Waals surface area contributed by atoms with Crippen molar-refractivity contribution in [2.75, 3.05) is 17.7 Å². The Hall–Kier alpha value is -3.72. The van der Waals surface area contributed by atoms with Crippen molar-refractivity contribution in [1.82, 2.24) is 0 Å². The second-order valence-electron chi connectivity index (χ2n) is 6.12. The third-order valence-electron chi connectivity index (χ3n) is 3.96. The van der Waals surface area contributed by atoms with Crippen LogP contribution in [0.5, 0.6) is 11.5 Å². The predicted molar refractivity (Wildman–Crippen MR) is 116 cm³/mol. The minimum Gasteiger partial charge on any atom is -0.493 e. The zero-order valence-electron chi connectivity index (χ0n) is 16.3. The number of ether oxygens (including phenoxy) is 2. The maximum Gasteiger partial charge on any atom is 0.387 e. The monoisotopic (exact) mass is 444 g/mol. The van der Waals surface area contributed by atoms with Crippen LogP contribution in [0, 0.1) is 0 Å². The van der Waals surface area contributed by atoms with Crippen LogP contribution in [-0.2, 0) is 4.79 Å². The van der Waals surface area contributed by atoms with E-state index in [4.69, 9.17) is 4.74 Å². The normalized spacial score (nSPS) is 10.8. The van der Waals surface area contributed by atoms with Crippen molar-refractivity contribution >= 4 is 40.6 Å². The average molecular weight is 444 g/mol. The Morgan fingerprint density at radius 3 is 2.45 bits per heavy atom. The van der Waals surface area contributed by atoms with Gasteiger partial charge < -0.3 is 20.1 Å². The quantitative estimate of drug-likeness (QED) is 0.465. The molecule has 0 atom stereocenters. The van der Waals surface area contributed by atoms with E-state index in [0.717, 1.165) is 0 Å². The van der Waals surface area contributed by atoms with Gasteiger partial charge in [-0.3, -0.25) is 9.59 Å². The molecule has 0 spiro atoms. The van der Waals surface area contributed by atoms with Crippen molar-refractivity contribution in [2.45, 2.75) is 6.61 Å². The van der Waals surface area contributed by atoms with Crippen molar-refractivity contribution in [1.29, 1.82) is 0 Å². The highest BCUT2D eigenvalue weighted by molar-refractivity contribution is 7.12. The number of benzene rings is 2. The SMILES string of the molecule is COc1cc(C=CC(=O)Nc2cccc(NC(=O)c3cccs3)c2)ccc1OC(F)F. The molecule has 0 saturated carbocycles. The molecule has 0 aliphatic rings. The molecule has 9 heteroatoms. The Kier molecular flexibility index (Phi) is 7.34. The van der Waals surface area contributed by atoms with Gasteiger partial charge in [0.15, 0.2) is 11.5 Å². The first-order valence-corrected chi connectivity index (χ1v) is 9.89. The second-order valence-corrected chi connectivity index (χ2v) is 7.07. The average Bonchev–Trinajstić information content (AvgIpc) is 3.28. The van der Waals surface area contributed by atoms with Gasteiger partial charge in [-0.05, 0) is 53.4 Å². The number of rotatable bonds is 8. The van der Waals surface area contributed by atoms with Gasteiger partial charge in [-0.1, -0.05) is 18.2 Å². The molecule has 2 aromatic carbocycles. The van der Waals surface area contributed by atoms with Crippen LogP contribution in [0.2, 0.25) is 0 Å². The van der Waals surface area contributed by atoms with Crippen LogP contribution in [-0.4, -0.2) is 25.5 Å². The Balaban J connectivity index is 1.63. The van der Waals surface area contributed by atoms with Gasteiger partial charge in [0.1, 0.15) is 0 Å². The fourth-order valence-electron chi connectivity index (χ4n) is 2.61. The van der Waals surface area contributed by atoms with Crippen LogP contribution in [0.15, 0.2) is 66.1 Å². The largest absolute Gasteiger partial charge is 0.493 e. The number of carbonyl (C=O) groups is 2. The molecule has 160 valence electrons. The summed E-state index contributed by atoms with van der Waals surface area (Å²) in [4.78, 5) is 25.0. The van der Waals surface area contributed by atoms with Gasteiger partial charge in [0.25, 0.3) is 5.91 Å². The Morgan fingerprint density at radius 2 is 1.77 bits per heavy atom. The molecule has 3 rings (SSSR count). The Morgan fingerprint density at radius 1 is 1.00 bits per heavy atom. The van der Waals surface area contributed by atoms with E-state index in [1.165, 1.54) is 48.8 Å². The van der Waals surface area contributed by atoms with Crippen LogP contribution in [0.3, 0.4) is 0 Å². The highest BCUT2D eigenvalue weighted by atomic mass is 32.1. The molecule has 0 radical (unpaired) electrons. The lowest BCUT2D eigenvalue weighted by Gasteiger charge is -2.10. The van der Waals surface area contributed by atoms with Gasteiger partial charge in [0.2, 0.25) is 5.91 Å². The molecule has 31 heavy (non-hydrogen) atoms. The molecule has 6 nitrogen and oxygen atoms in total. The van der Waals surface area contributed by atoms with Crippen LogP contribution < -0.4 is 20.1 Å². The Bertz CT molecular complexity index is 1080. The summed E-state index contributed by atoms with van der Waals surface area (Å²) in [5.41, 5.74) is 1.60. The number of carbonyl (C=O) groups excluding carboxylic acids is 2. The van der Waals surface area contributed by atoms with E-state index < -0.39 is 12.5 Å². The van der Waals surface area contributed by atoms with Crippen molar-refractivity contribution in [3.05, 3.63) is 76.5 Å². The summed E-state index contributed by atoms with van der Waals surface area (Å²) < 4.78 is 34.2. The second kappa shape index (κ2) is 10.4. The molecule has 0 bridgehead atoms. The molecule has 2 N–H and O–H groups in total. The maximum absolute atomic E-state index is 12.4. The summed E-state index contributed by atoms with van der Waals surface area (Å²) in [7, 11) is 1.33. The third-order valence-corrected chi connectivity index (χ3v) is 4.83. The van der Waals surface area contributed by atoms with Gasteiger partial charge >= 0.3 is 6.61 Å². The van der Waals surface area contributed by atoms with Crippen LogP contribution in [0.4, 0.5) is 20.2 Å². The van der Waals surface area contributed by atoms with Crippen molar-refractivity contribution in [3.63, 3.8) is 0 Å². The van der Waals surface area contributed by atoms with Gasteiger partial charge in [-0.25, -0.2) is 0 Å². The van der Waals surface area contributed by atoms with E-state index >= 15 is 0 Å². The molecule has 0 aliphatic carbocycles. The lowest BCUT2D eigenvalue weighted by atomic mass is 10.2. The smallest absolute Gasteiger partial charge is 0.387 e. The van der Waals surface area contributed by atoms with Crippen molar-refractivity contribution < 1.29 is 27.8 Å². The number of nitrogens with one attached hydrogen (secondary N) is 2. The first-order chi connectivity index (χ1) is 14.9. The molecule has 1 aromatic heterocycles. The zero-order chi connectivity index (χ0) is 22.2. The molecule has 0 fully saturated rings. The third kappa shape index (κ3) is 6.38. The topological polar surface area (TPSA) is 76.7 Å². The summed E-state index contributed by atoms with van der Waals surface area (Å²) in [5, 5.41) is 7.28. The van der Waals surface area contributed by atoms with Gasteiger partial charge in [-0.2, -0.15) is 8.78 Å². The standard InChI is InChI=1S/C22H18F2N2O4S/c1-29-18-12-14(7-9-17(18)30-22(23)24)8-10-20(27)25-15-4-2-5-16(13-15)26-21(28)19-6-3-11-31-19/h2-13,22H,1H3,(H,25,27)(H,26,28). The number of anilines is 2. The number of thiophene rings is 1. The lowest BCUT2D eigenvalue weighted by Crippen LogP contribution is -2.11. The highest BCUT2D eigenvalue weighted by Gasteiger charge is 2.11. The maximum atomic E-state index is 12.4. The van der Waals surface area contributed by atoms with Gasteiger partial charge in [-0.15, -0.1) is 11.3 Å². The molecule has 0 unspecified atom stereocenters. The fourth-order valence-corrected chi connectivity index (χ4v) is 3.23. The number of methoxy groups -OCH3 is 1. The molecular formula is C22H18F2N2O4S. The highest BCUT2D eigenvalue weighted by Crippen LogP contribution is 2.29. The van der Waals surface area contributed by atoms with Crippen LogP contribution in [0.1, 0.15) is 15.2 Å². The summed E-state index contributed by atoms with van der Waals surface area (Å²) in [6.07, 6.45) is 2.80. The predicted octanol–water partition coefficient (Wildman–Crippen LogP) is 5.26. The molecule has 3 aromatic rings. The van der Waals surface area contributed by atoms with Gasteiger partial charge in [0, 0.05) is 17.5 Å². The lowest BCUT2D eigenvalue weighted by molar-refractivity contribution is -0.111. The minimum atomic E-state index is -2.97. The number of amides is 2. The van der Waals surface area contributed by atoms with E-state index in [2.05, 4.69) is 15.4 Å². The molecule has 0 saturated heterocycles. The molecule has 1 heterocycles. The van der Waals surface area contributed by atoms with E-state index in [1.54, 1.807) is 36.4 Å². The molecule has 0 aliphatic heterocycles. The molecule has 2 amide bonds. The minimum absolute atomic E-state index is 0.0967. The zero-order valence-corrected chi connectivity index (χ0v) is 17.1. The first kappa shape index (κ1) is 22.0. The summed E-state index contributed by atoms with van der Waals surface area (Å²) in [6, 6.07) is 14.6. The van der Waals surface area contributed by atoms with E-state index in [0.29, 0.717) is 21.8 Å². The summed E-state index contributed by atoms with van der Waals surface area (Å²) in [5.74, 6) is -0.613. The first-order valence-electron chi connectivity index (χ1n) is 9.01. The number of halogens is 2. The van der Waals surface area contributed by atoms with E-state index in [1.807, 2.05) is 5.38 Å². The van der Waals surface area contributed by atoms with Crippen LogP contribution in [0.25, 0.3) is 6.08 Å². The van der Waals surface area contributed by atoms with Crippen molar-refractivity contribution in [3.8, 4) is 11.5 Å². The van der Waals surface area contributed by atoms with Gasteiger partial charge in [0.05, 0.1) is 12.0 Å². The van der Waals surface area contributed by atoms with E-state index in [9.17, 15) is 18.4 Å². The Labute approximate surface area is 181 Å².